The molecule has 0 fully saturated rings. The molecule has 0 bridgehead atoms. The quantitative estimate of drug-likeness (QED) is 0.735. The topological polar surface area (TPSA) is 75.3 Å². The molecule has 0 radical (unpaired) electrons. The highest BCUT2D eigenvalue weighted by atomic mass is 32.2. The number of hydrogen-bond acceptors (Lipinski definition) is 3. The van der Waals surface area contributed by atoms with Crippen LogP contribution < -0.4 is 10.0 Å². The van der Waals surface area contributed by atoms with E-state index in [9.17, 15) is 13.2 Å². The average Bonchev–Trinajstić information content (AvgIpc) is 2.60. The summed E-state index contributed by atoms with van der Waals surface area (Å²) in [5.41, 5.74) is 1.27. The number of benzene rings is 1. The first kappa shape index (κ1) is 10.1. The third kappa shape index (κ3) is 1.62. The number of hydrogen-bond donors (Lipinski definition) is 2. The maximum atomic E-state index is 11.5. The van der Waals surface area contributed by atoms with Crippen LogP contribution >= 0.6 is 0 Å². The predicted octanol–water partition coefficient (Wildman–Crippen LogP) is -0.162. The van der Waals surface area contributed by atoms with Gasteiger partial charge >= 0.3 is 0 Å². The van der Waals surface area contributed by atoms with Gasteiger partial charge in [0.25, 0.3) is 5.91 Å². The molecule has 1 aromatic carbocycles. The summed E-state index contributed by atoms with van der Waals surface area (Å²) in [6.07, 6.45) is 0. The van der Waals surface area contributed by atoms with Gasteiger partial charge in [-0.05, 0) is 30.8 Å². The van der Waals surface area contributed by atoms with E-state index in [1.807, 2.05) is 0 Å². The Labute approximate surface area is 87.5 Å². The van der Waals surface area contributed by atoms with Gasteiger partial charge in [0, 0.05) is 12.1 Å². The van der Waals surface area contributed by atoms with Gasteiger partial charge in [-0.3, -0.25) is 4.79 Å². The second kappa shape index (κ2) is 3.32. The van der Waals surface area contributed by atoms with Crippen molar-refractivity contribution < 1.29 is 13.2 Å². The maximum Gasteiger partial charge on any atom is 0.251 e. The lowest BCUT2D eigenvalue weighted by Crippen LogP contribution is -2.18. The Kier molecular flexibility index (Phi) is 2.24. The lowest BCUT2D eigenvalue weighted by atomic mass is 10.1. The van der Waals surface area contributed by atoms with Crippen molar-refractivity contribution in [3.63, 3.8) is 0 Å². The average molecular weight is 226 g/mol. The minimum absolute atomic E-state index is 0.154. The Hall–Kier alpha value is -1.40. The number of rotatable bonds is 2. The zero-order chi connectivity index (χ0) is 11.1. The van der Waals surface area contributed by atoms with Crippen LogP contribution in [0.25, 0.3) is 0 Å². The molecule has 0 saturated carbocycles. The Morgan fingerprint density at radius 2 is 2.13 bits per heavy atom. The molecule has 2 rings (SSSR count). The zero-order valence-corrected chi connectivity index (χ0v) is 8.89. The molecule has 1 amide bonds. The Balaban J connectivity index is 2.53. The summed E-state index contributed by atoms with van der Waals surface area (Å²) in [5, 5.41) is 2.63. The van der Waals surface area contributed by atoms with Crippen molar-refractivity contribution in [3.8, 4) is 0 Å². The molecule has 0 aromatic heterocycles. The van der Waals surface area contributed by atoms with Gasteiger partial charge in [-0.25, -0.2) is 13.1 Å². The first-order chi connectivity index (χ1) is 7.04. The van der Waals surface area contributed by atoms with Gasteiger partial charge in [0.1, 0.15) is 0 Å². The molecule has 0 atom stereocenters. The standard InChI is InChI=1S/C9H10N2O3S/c1-10-15(13,14)7-2-3-8-6(4-7)5-11-9(8)12/h2-4,10H,5H2,1H3,(H,11,12). The smallest absolute Gasteiger partial charge is 0.251 e. The molecule has 80 valence electrons. The molecule has 0 spiro atoms. The molecule has 1 aliphatic heterocycles. The van der Waals surface area contributed by atoms with Crippen LogP contribution in [0.2, 0.25) is 0 Å². The molecular formula is C9H10N2O3S. The third-order valence-electron chi connectivity index (χ3n) is 2.34. The number of carbonyl (C=O) groups is 1. The van der Waals surface area contributed by atoms with Crippen molar-refractivity contribution in [2.24, 2.45) is 0 Å². The monoisotopic (exact) mass is 226 g/mol. The number of sulfonamides is 1. The van der Waals surface area contributed by atoms with E-state index < -0.39 is 10.0 Å². The molecule has 15 heavy (non-hydrogen) atoms. The van der Waals surface area contributed by atoms with Gasteiger partial charge < -0.3 is 5.32 Å². The first-order valence-corrected chi connectivity index (χ1v) is 5.87. The third-order valence-corrected chi connectivity index (χ3v) is 3.75. The molecule has 1 aliphatic rings. The normalized spacial score (nSPS) is 14.9. The highest BCUT2D eigenvalue weighted by Crippen LogP contribution is 2.19. The fourth-order valence-electron chi connectivity index (χ4n) is 1.49. The van der Waals surface area contributed by atoms with Gasteiger partial charge in [0.15, 0.2) is 0 Å². The number of amides is 1. The summed E-state index contributed by atoms with van der Waals surface area (Å²) < 4.78 is 25.2. The van der Waals surface area contributed by atoms with Crippen molar-refractivity contribution in [2.45, 2.75) is 11.4 Å². The van der Waals surface area contributed by atoms with E-state index >= 15 is 0 Å². The minimum Gasteiger partial charge on any atom is -0.348 e. The van der Waals surface area contributed by atoms with Crippen LogP contribution in [0.4, 0.5) is 0 Å². The van der Waals surface area contributed by atoms with Gasteiger partial charge in [-0.2, -0.15) is 0 Å². The first-order valence-electron chi connectivity index (χ1n) is 4.39. The van der Waals surface area contributed by atoms with Crippen molar-refractivity contribution in [2.75, 3.05) is 7.05 Å². The number of carbonyl (C=O) groups excluding carboxylic acids is 1. The fourth-order valence-corrected chi connectivity index (χ4v) is 2.27. The van der Waals surface area contributed by atoms with Crippen LogP contribution in [-0.4, -0.2) is 21.4 Å². The van der Waals surface area contributed by atoms with E-state index in [1.165, 1.54) is 25.2 Å². The second-order valence-corrected chi connectivity index (χ2v) is 5.10. The highest BCUT2D eigenvalue weighted by molar-refractivity contribution is 7.89. The SMILES string of the molecule is CNS(=O)(=O)c1ccc2c(c1)CNC2=O. The molecule has 5 nitrogen and oxygen atoms in total. The molecule has 0 aliphatic carbocycles. The van der Waals surface area contributed by atoms with Crippen LogP contribution in [0, 0.1) is 0 Å². The van der Waals surface area contributed by atoms with E-state index in [2.05, 4.69) is 10.0 Å². The Bertz CT molecular complexity index is 522. The highest BCUT2D eigenvalue weighted by Gasteiger charge is 2.21. The molecular weight excluding hydrogens is 216 g/mol. The summed E-state index contributed by atoms with van der Waals surface area (Å²) in [4.78, 5) is 11.4. The van der Waals surface area contributed by atoms with Gasteiger partial charge in [-0.1, -0.05) is 0 Å². The second-order valence-electron chi connectivity index (χ2n) is 3.21. The van der Waals surface area contributed by atoms with Crippen molar-refractivity contribution >= 4 is 15.9 Å². The van der Waals surface area contributed by atoms with Crippen molar-refractivity contribution in [1.29, 1.82) is 0 Å². The maximum absolute atomic E-state index is 11.5. The summed E-state index contributed by atoms with van der Waals surface area (Å²) in [7, 11) is -2.07. The van der Waals surface area contributed by atoms with E-state index in [4.69, 9.17) is 0 Å². The molecule has 1 aromatic rings. The minimum atomic E-state index is -3.43. The predicted molar refractivity (Wildman–Crippen MR) is 53.9 cm³/mol. The summed E-state index contributed by atoms with van der Waals surface area (Å²) >= 11 is 0. The van der Waals surface area contributed by atoms with Crippen molar-refractivity contribution in [3.05, 3.63) is 29.3 Å². The largest absolute Gasteiger partial charge is 0.348 e. The lowest BCUT2D eigenvalue weighted by molar-refractivity contribution is 0.0965. The molecule has 1 heterocycles. The lowest BCUT2D eigenvalue weighted by Gasteiger charge is -2.03. The van der Waals surface area contributed by atoms with Crippen LogP contribution in [0.3, 0.4) is 0 Å². The van der Waals surface area contributed by atoms with Crippen molar-refractivity contribution in [1.82, 2.24) is 10.0 Å². The Morgan fingerprint density at radius 1 is 1.40 bits per heavy atom. The summed E-state index contributed by atoms with van der Waals surface area (Å²) in [5.74, 6) is -0.154. The molecule has 2 N–H and O–H groups in total. The van der Waals surface area contributed by atoms with E-state index in [0.717, 1.165) is 5.56 Å². The van der Waals surface area contributed by atoms with Gasteiger partial charge in [0.05, 0.1) is 4.90 Å². The summed E-state index contributed by atoms with van der Waals surface area (Å²) in [6.45, 7) is 0.390. The van der Waals surface area contributed by atoms with Crippen LogP contribution in [0.5, 0.6) is 0 Å². The molecule has 6 heteroatoms. The molecule has 0 saturated heterocycles. The van der Waals surface area contributed by atoms with Crippen LogP contribution in [0.1, 0.15) is 15.9 Å². The van der Waals surface area contributed by atoms with E-state index in [0.29, 0.717) is 12.1 Å². The van der Waals surface area contributed by atoms with Gasteiger partial charge in [0.2, 0.25) is 10.0 Å². The Morgan fingerprint density at radius 3 is 2.80 bits per heavy atom. The van der Waals surface area contributed by atoms with Crippen LogP contribution in [0.15, 0.2) is 23.1 Å². The van der Waals surface area contributed by atoms with E-state index in [1.54, 1.807) is 0 Å². The fraction of sp³-hybridized carbons (Fsp3) is 0.222. The van der Waals surface area contributed by atoms with E-state index in [-0.39, 0.29) is 10.8 Å². The molecule has 0 unspecified atom stereocenters. The number of fused-ring (bicyclic) bond motifs is 1. The summed E-state index contributed by atoms with van der Waals surface area (Å²) in [6, 6.07) is 4.47. The van der Waals surface area contributed by atoms with Gasteiger partial charge in [-0.15, -0.1) is 0 Å². The van der Waals surface area contributed by atoms with Crippen LogP contribution in [-0.2, 0) is 16.6 Å². The zero-order valence-electron chi connectivity index (χ0n) is 8.07. The number of nitrogens with one attached hydrogen (secondary N) is 2.